The van der Waals surface area contributed by atoms with Crippen LogP contribution in [-0.4, -0.2) is 49.9 Å². The van der Waals surface area contributed by atoms with Gasteiger partial charge >= 0.3 is 6.09 Å². The van der Waals surface area contributed by atoms with Gasteiger partial charge in [0.2, 0.25) is 5.91 Å². The van der Waals surface area contributed by atoms with Crippen LogP contribution in [0.2, 0.25) is 0 Å². The molecule has 1 atom stereocenters. The summed E-state index contributed by atoms with van der Waals surface area (Å²) in [6.07, 6.45) is 4.16. The molecule has 1 saturated heterocycles. The molecule has 1 aromatic heterocycles. The third-order valence-corrected chi connectivity index (χ3v) is 4.55. The van der Waals surface area contributed by atoms with E-state index in [-0.39, 0.29) is 5.91 Å². The molecule has 1 aromatic carbocycles. The summed E-state index contributed by atoms with van der Waals surface area (Å²) < 4.78 is 7.17. The van der Waals surface area contributed by atoms with Gasteiger partial charge in [0.05, 0.1) is 6.54 Å². The Morgan fingerprint density at radius 3 is 2.68 bits per heavy atom. The summed E-state index contributed by atoms with van der Waals surface area (Å²) in [7, 11) is 0. The average Bonchev–Trinajstić information content (AvgIpc) is 3.31. The summed E-state index contributed by atoms with van der Waals surface area (Å²) >= 11 is 0. The zero-order chi connectivity index (χ0) is 20.1. The summed E-state index contributed by atoms with van der Waals surface area (Å²) in [4.78, 5) is 30.6. The Morgan fingerprint density at radius 2 is 2.00 bits per heavy atom. The van der Waals surface area contributed by atoms with E-state index in [2.05, 4.69) is 15.4 Å². The van der Waals surface area contributed by atoms with E-state index in [0.717, 1.165) is 17.5 Å². The second-order valence-corrected chi connectivity index (χ2v) is 7.91. The highest BCUT2D eigenvalue weighted by Gasteiger charge is 2.36. The predicted molar refractivity (Wildman–Crippen MR) is 103 cm³/mol. The van der Waals surface area contributed by atoms with Crippen LogP contribution in [0.3, 0.4) is 0 Å². The fourth-order valence-electron chi connectivity index (χ4n) is 3.25. The van der Waals surface area contributed by atoms with Gasteiger partial charge in [-0.3, -0.25) is 9.69 Å². The number of ether oxygens (including phenoxy) is 1. The number of nitrogens with zero attached hydrogens (tertiary/aromatic N) is 4. The Kier molecular flexibility index (Phi) is 5.96. The molecule has 0 spiro atoms. The number of benzene rings is 1. The molecule has 1 fully saturated rings. The van der Waals surface area contributed by atoms with Crippen molar-refractivity contribution in [3.05, 3.63) is 48.0 Å². The molecule has 28 heavy (non-hydrogen) atoms. The lowest BCUT2D eigenvalue weighted by atomic mass is 10.1. The SMILES string of the molecule is CC(C)(C)OC(=O)N1CCC[C@H]1C(=O)NCc1ccccc1Cn1cncn1. The first-order chi connectivity index (χ1) is 13.3. The topological polar surface area (TPSA) is 89.4 Å². The van der Waals surface area contributed by atoms with E-state index in [1.807, 2.05) is 45.0 Å². The van der Waals surface area contributed by atoms with Crippen LogP contribution in [0.25, 0.3) is 0 Å². The standard InChI is InChI=1S/C20H27N5O3/c1-20(2,3)28-19(27)25-10-6-9-17(25)18(26)22-11-15-7-4-5-8-16(15)12-24-14-21-13-23-24/h4-5,7-8,13-14,17H,6,9-12H2,1-3H3,(H,22,26)/t17-/m0/s1. The highest BCUT2D eigenvalue weighted by atomic mass is 16.6. The zero-order valence-corrected chi connectivity index (χ0v) is 16.6. The van der Waals surface area contributed by atoms with Gasteiger partial charge < -0.3 is 10.1 Å². The van der Waals surface area contributed by atoms with Crippen LogP contribution in [-0.2, 0) is 22.6 Å². The van der Waals surface area contributed by atoms with E-state index >= 15 is 0 Å². The summed E-state index contributed by atoms with van der Waals surface area (Å²) in [6, 6.07) is 7.39. The van der Waals surface area contributed by atoms with E-state index in [1.165, 1.54) is 11.2 Å². The molecule has 8 heteroatoms. The molecule has 2 aromatic rings. The maximum Gasteiger partial charge on any atom is 0.410 e. The molecule has 0 saturated carbocycles. The van der Waals surface area contributed by atoms with Gasteiger partial charge in [0.15, 0.2) is 0 Å². The van der Waals surface area contributed by atoms with E-state index in [1.54, 1.807) is 11.0 Å². The van der Waals surface area contributed by atoms with Crippen molar-refractivity contribution < 1.29 is 14.3 Å². The summed E-state index contributed by atoms with van der Waals surface area (Å²) in [5.74, 6) is -0.154. The van der Waals surface area contributed by atoms with Crippen molar-refractivity contribution in [3.63, 3.8) is 0 Å². The minimum absolute atomic E-state index is 0.154. The number of amides is 2. The molecule has 150 valence electrons. The summed E-state index contributed by atoms with van der Waals surface area (Å²) in [5, 5.41) is 7.10. The van der Waals surface area contributed by atoms with Crippen LogP contribution >= 0.6 is 0 Å². The number of carbonyl (C=O) groups is 2. The number of hydrogen-bond donors (Lipinski definition) is 1. The third-order valence-electron chi connectivity index (χ3n) is 4.55. The Bertz CT molecular complexity index is 813. The predicted octanol–water partition coefficient (Wildman–Crippen LogP) is 2.34. The number of likely N-dealkylation sites (tertiary alicyclic amines) is 1. The van der Waals surface area contributed by atoms with Gasteiger partial charge in [-0.2, -0.15) is 5.10 Å². The molecule has 2 heterocycles. The first-order valence-corrected chi connectivity index (χ1v) is 9.50. The van der Waals surface area contributed by atoms with Crippen LogP contribution in [0, 0.1) is 0 Å². The molecule has 1 aliphatic rings. The maximum absolute atomic E-state index is 12.7. The fraction of sp³-hybridized carbons (Fsp3) is 0.500. The second-order valence-electron chi connectivity index (χ2n) is 7.91. The monoisotopic (exact) mass is 385 g/mol. The first kappa shape index (κ1) is 19.9. The highest BCUT2D eigenvalue weighted by molar-refractivity contribution is 5.86. The number of hydrogen-bond acceptors (Lipinski definition) is 5. The minimum atomic E-state index is -0.582. The number of rotatable bonds is 5. The largest absolute Gasteiger partial charge is 0.444 e. The van der Waals surface area contributed by atoms with Crippen molar-refractivity contribution >= 4 is 12.0 Å². The van der Waals surface area contributed by atoms with Crippen molar-refractivity contribution in [2.24, 2.45) is 0 Å². The van der Waals surface area contributed by atoms with E-state index in [9.17, 15) is 9.59 Å². The maximum atomic E-state index is 12.7. The van der Waals surface area contributed by atoms with Crippen molar-refractivity contribution in [1.29, 1.82) is 0 Å². The van der Waals surface area contributed by atoms with Crippen molar-refractivity contribution in [3.8, 4) is 0 Å². The molecule has 3 rings (SSSR count). The molecule has 2 amide bonds. The van der Waals surface area contributed by atoms with Gasteiger partial charge in [-0.05, 0) is 44.7 Å². The van der Waals surface area contributed by atoms with Crippen LogP contribution in [0.1, 0.15) is 44.7 Å². The van der Waals surface area contributed by atoms with Crippen molar-refractivity contribution in [2.75, 3.05) is 6.54 Å². The minimum Gasteiger partial charge on any atom is -0.444 e. The summed E-state index contributed by atoms with van der Waals surface area (Å²) in [5.41, 5.74) is 1.48. The molecule has 0 bridgehead atoms. The van der Waals surface area contributed by atoms with Crippen LogP contribution in [0.15, 0.2) is 36.9 Å². The van der Waals surface area contributed by atoms with Crippen LogP contribution in [0.5, 0.6) is 0 Å². The number of nitrogens with one attached hydrogen (secondary N) is 1. The van der Waals surface area contributed by atoms with E-state index in [0.29, 0.717) is 26.1 Å². The molecule has 0 aliphatic carbocycles. The number of carbonyl (C=O) groups excluding carboxylic acids is 2. The molecule has 8 nitrogen and oxygen atoms in total. The lowest BCUT2D eigenvalue weighted by Gasteiger charge is -2.28. The number of aromatic nitrogens is 3. The Labute approximate surface area is 164 Å². The highest BCUT2D eigenvalue weighted by Crippen LogP contribution is 2.21. The van der Waals surface area contributed by atoms with Crippen LogP contribution in [0.4, 0.5) is 4.79 Å². The van der Waals surface area contributed by atoms with Crippen LogP contribution < -0.4 is 5.32 Å². The zero-order valence-electron chi connectivity index (χ0n) is 16.6. The molecule has 1 aliphatic heterocycles. The van der Waals surface area contributed by atoms with Gasteiger partial charge in [0.1, 0.15) is 24.3 Å². The van der Waals surface area contributed by atoms with Crippen molar-refractivity contribution in [2.45, 2.75) is 58.3 Å². The fourth-order valence-corrected chi connectivity index (χ4v) is 3.25. The third kappa shape index (κ3) is 5.09. The smallest absolute Gasteiger partial charge is 0.410 e. The van der Waals surface area contributed by atoms with Gasteiger partial charge in [0.25, 0.3) is 0 Å². The first-order valence-electron chi connectivity index (χ1n) is 9.50. The van der Waals surface area contributed by atoms with E-state index in [4.69, 9.17) is 4.74 Å². The van der Waals surface area contributed by atoms with Gasteiger partial charge in [-0.1, -0.05) is 24.3 Å². The molecule has 0 radical (unpaired) electrons. The van der Waals surface area contributed by atoms with Crippen molar-refractivity contribution in [1.82, 2.24) is 25.0 Å². The Balaban J connectivity index is 1.61. The Morgan fingerprint density at radius 1 is 1.25 bits per heavy atom. The Hall–Kier alpha value is -2.90. The quantitative estimate of drug-likeness (QED) is 0.853. The lowest BCUT2D eigenvalue weighted by Crippen LogP contribution is -2.47. The van der Waals surface area contributed by atoms with Gasteiger partial charge in [0, 0.05) is 13.1 Å². The van der Waals surface area contributed by atoms with E-state index < -0.39 is 17.7 Å². The lowest BCUT2D eigenvalue weighted by molar-refractivity contribution is -0.125. The van der Waals surface area contributed by atoms with Gasteiger partial charge in [-0.15, -0.1) is 0 Å². The van der Waals surface area contributed by atoms with Gasteiger partial charge in [-0.25, -0.2) is 14.5 Å². The molecular weight excluding hydrogens is 358 g/mol. The summed E-state index contributed by atoms with van der Waals surface area (Å²) in [6.45, 7) is 6.98. The average molecular weight is 385 g/mol. The molecule has 1 N–H and O–H groups in total. The molecule has 0 unspecified atom stereocenters. The normalized spacial score (nSPS) is 16.8. The second kappa shape index (κ2) is 8.41. The molecular formula is C20H27N5O3.